The lowest BCUT2D eigenvalue weighted by Crippen LogP contribution is -2.37. The molecule has 2 fully saturated rings. The second kappa shape index (κ2) is 9.31. The molecule has 0 unspecified atom stereocenters. The van der Waals surface area contributed by atoms with E-state index in [1.54, 1.807) is 12.1 Å². The zero-order chi connectivity index (χ0) is 22.7. The summed E-state index contributed by atoms with van der Waals surface area (Å²) in [5, 5.41) is 22.0. The number of morpholine rings is 1. The van der Waals surface area contributed by atoms with Crippen LogP contribution in [-0.2, 0) is 20.7 Å². The number of nitrogens with zero attached hydrogens (tertiary/aromatic N) is 2. The SMILES string of the molecule is O=C(Cc1cccc(O)c1O)NC[C@H]1CN(c2ccc(N3CCOCC3)c(F)c2)C(=O)O1. The third-order valence-corrected chi connectivity index (χ3v) is 5.44. The van der Waals surface area contributed by atoms with E-state index in [9.17, 15) is 24.2 Å². The molecule has 0 radical (unpaired) electrons. The average Bonchev–Trinajstić information content (AvgIpc) is 3.16. The van der Waals surface area contributed by atoms with Crippen molar-refractivity contribution in [3.63, 3.8) is 0 Å². The van der Waals surface area contributed by atoms with Crippen LogP contribution in [-0.4, -0.2) is 67.7 Å². The first kappa shape index (κ1) is 21.7. The number of halogens is 1. The first-order valence-electron chi connectivity index (χ1n) is 10.3. The number of rotatable bonds is 6. The van der Waals surface area contributed by atoms with Crippen molar-refractivity contribution in [1.82, 2.24) is 5.32 Å². The quantitative estimate of drug-likeness (QED) is 0.581. The fourth-order valence-corrected chi connectivity index (χ4v) is 3.75. The van der Waals surface area contributed by atoms with Crippen molar-refractivity contribution in [3.8, 4) is 11.5 Å². The van der Waals surface area contributed by atoms with E-state index in [0.29, 0.717) is 37.7 Å². The molecule has 9 nitrogen and oxygen atoms in total. The zero-order valence-electron chi connectivity index (χ0n) is 17.3. The van der Waals surface area contributed by atoms with Gasteiger partial charge in [0.2, 0.25) is 5.91 Å². The van der Waals surface area contributed by atoms with Crippen molar-refractivity contribution >= 4 is 23.4 Å². The van der Waals surface area contributed by atoms with Crippen LogP contribution in [0.25, 0.3) is 0 Å². The van der Waals surface area contributed by atoms with Gasteiger partial charge in [-0.3, -0.25) is 9.69 Å². The van der Waals surface area contributed by atoms with Crippen LogP contribution >= 0.6 is 0 Å². The number of amides is 2. The number of phenolic OH excluding ortho intramolecular Hbond substituents is 2. The fourth-order valence-electron chi connectivity index (χ4n) is 3.75. The molecule has 4 rings (SSSR count). The molecule has 0 saturated carbocycles. The number of benzene rings is 2. The predicted molar refractivity (Wildman–Crippen MR) is 114 cm³/mol. The molecule has 2 aromatic rings. The van der Waals surface area contributed by atoms with Gasteiger partial charge in [-0.05, 0) is 24.3 Å². The zero-order valence-corrected chi connectivity index (χ0v) is 17.3. The highest BCUT2D eigenvalue weighted by Crippen LogP contribution is 2.29. The van der Waals surface area contributed by atoms with Gasteiger partial charge in [-0.15, -0.1) is 0 Å². The summed E-state index contributed by atoms with van der Waals surface area (Å²) in [6.07, 6.45) is -1.36. The van der Waals surface area contributed by atoms with Gasteiger partial charge in [0.25, 0.3) is 0 Å². The van der Waals surface area contributed by atoms with Gasteiger partial charge in [0.05, 0.1) is 44.1 Å². The van der Waals surface area contributed by atoms with E-state index >= 15 is 0 Å². The number of carbonyl (C=O) groups is 2. The lowest BCUT2D eigenvalue weighted by molar-refractivity contribution is -0.120. The van der Waals surface area contributed by atoms with Crippen LogP contribution in [0.2, 0.25) is 0 Å². The maximum atomic E-state index is 14.7. The third-order valence-electron chi connectivity index (χ3n) is 5.44. The van der Waals surface area contributed by atoms with E-state index in [1.165, 1.54) is 29.2 Å². The van der Waals surface area contributed by atoms with Gasteiger partial charge in [-0.25, -0.2) is 9.18 Å². The molecule has 10 heteroatoms. The molecule has 2 saturated heterocycles. The molecule has 2 aliphatic rings. The summed E-state index contributed by atoms with van der Waals surface area (Å²) in [5.74, 6) is -1.48. The second-order valence-corrected chi connectivity index (χ2v) is 7.62. The van der Waals surface area contributed by atoms with Gasteiger partial charge in [-0.1, -0.05) is 12.1 Å². The van der Waals surface area contributed by atoms with E-state index in [-0.39, 0.29) is 36.6 Å². The number of hydrogen-bond acceptors (Lipinski definition) is 7. The number of hydrogen-bond donors (Lipinski definition) is 3. The lowest BCUT2D eigenvalue weighted by Gasteiger charge is -2.29. The van der Waals surface area contributed by atoms with Gasteiger partial charge in [-0.2, -0.15) is 0 Å². The van der Waals surface area contributed by atoms with E-state index < -0.39 is 23.9 Å². The van der Waals surface area contributed by atoms with Crippen molar-refractivity contribution in [2.75, 3.05) is 49.2 Å². The molecule has 0 bridgehead atoms. The van der Waals surface area contributed by atoms with Gasteiger partial charge in [0.15, 0.2) is 11.5 Å². The van der Waals surface area contributed by atoms with Crippen molar-refractivity contribution in [2.45, 2.75) is 12.5 Å². The Labute approximate surface area is 183 Å². The van der Waals surface area contributed by atoms with Gasteiger partial charge in [0.1, 0.15) is 11.9 Å². The molecule has 3 N–H and O–H groups in total. The highest BCUT2D eigenvalue weighted by molar-refractivity contribution is 5.90. The minimum atomic E-state index is -0.617. The first-order valence-corrected chi connectivity index (χ1v) is 10.3. The smallest absolute Gasteiger partial charge is 0.414 e. The Kier molecular flexibility index (Phi) is 6.31. The Balaban J connectivity index is 1.33. The highest BCUT2D eigenvalue weighted by atomic mass is 19.1. The highest BCUT2D eigenvalue weighted by Gasteiger charge is 2.33. The minimum Gasteiger partial charge on any atom is -0.504 e. The topological polar surface area (TPSA) is 112 Å². The minimum absolute atomic E-state index is 0.0645. The summed E-state index contributed by atoms with van der Waals surface area (Å²) in [7, 11) is 0. The average molecular weight is 445 g/mol. The fraction of sp³-hybridized carbons (Fsp3) is 0.364. The van der Waals surface area contributed by atoms with Crippen LogP contribution in [0.3, 0.4) is 0 Å². The van der Waals surface area contributed by atoms with Crippen molar-refractivity contribution in [2.24, 2.45) is 0 Å². The molecular formula is C22H24FN3O6. The molecule has 2 heterocycles. The molecule has 1 atom stereocenters. The molecule has 2 amide bonds. The number of aromatic hydroxyl groups is 2. The van der Waals surface area contributed by atoms with Crippen LogP contribution in [0.1, 0.15) is 5.56 Å². The summed E-state index contributed by atoms with van der Waals surface area (Å²) < 4.78 is 25.3. The summed E-state index contributed by atoms with van der Waals surface area (Å²) in [6.45, 7) is 2.51. The summed E-state index contributed by atoms with van der Waals surface area (Å²) in [5.41, 5.74) is 1.12. The molecule has 0 aromatic heterocycles. The van der Waals surface area contributed by atoms with E-state index in [0.717, 1.165) is 0 Å². The van der Waals surface area contributed by atoms with Crippen molar-refractivity contribution in [3.05, 3.63) is 47.8 Å². The maximum absolute atomic E-state index is 14.7. The Hall–Kier alpha value is -3.53. The van der Waals surface area contributed by atoms with E-state index in [1.807, 2.05) is 4.90 Å². The molecule has 170 valence electrons. The predicted octanol–water partition coefficient (Wildman–Crippen LogP) is 1.76. The Morgan fingerprint density at radius 3 is 2.72 bits per heavy atom. The largest absolute Gasteiger partial charge is 0.504 e. The van der Waals surface area contributed by atoms with Crippen molar-refractivity contribution < 1.29 is 33.7 Å². The number of ether oxygens (including phenoxy) is 2. The number of nitrogens with one attached hydrogen (secondary N) is 1. The third kappa shape index (κ3) is 4.70. The summed E-state index contributed by atoms with van der Waals surface area (Å²) in [4.78, 5) is 27.7. The summed E-state index contributed by atoms with van der Waals surface area (Å²) >= 11 is 0. The Morgan fingerprint density at radius 2 is 1.97 bits per heavy atom. The molecule has 2 aromatic carbocycles. The maximum Gasteiger partial charge on any atom is 0.414 e. The second-order valence-electron chi connectivity index (χ2n) is 7.62. The number of anilines is 2. The number of carbonyl (C=O) groups excluding carboxylic acids is 2. The lowest BCUT2D eigenvalue weighted by atomic mass is 10.1. The van der Waals surface area contributed by atoms with Gasteiger partial charge < -0.3 is 29.9 Å². The van der Waals surface area contributed by atoms with Crippen LogP contribution in [0, 0.1) is 5.82 Å². The molecule has 0 spiro atoms. The Bertz CT molecular complexity index is 1010. The number of para-hydroxylation sites is 1. The normalized spacial score (nSPS) is 18.5. The first-order chi connectivity index (χ1) is 15.4. The molecule has 32 heavy (non-hydrogen) atoms. The summed E-state index contributed by atoms with van der Waals surface area (Å²) in [6, 6.07) is 8.98. The monoisotopic (exact) mass is 445 g/mol. The van der Waals surface area contributed by atoms with Gasteiger partial charge >= 0.3 is 6.09 Å². The van der Waals surface area contributed by atoms with Gasteiger partial charge in [0, 0.05) is 18.7 Å². The Morgan fingerprint density at radius 1 is 1.19 bits per heavy atom. The van der Waals surface area contributed by atoms with Crippen LogP contribution in [0.15, 0.2) is 36.4 Å². The molecule has 2 aliphatic heterocycles. The number of phenols is 2. The molecular weight excluding hydrogens is 421 g/mol. The van der Waals surface area contributed by atoms with Crippen LogP contribution in [0.4, 0.5) is 20.6 Å². The standard InChI is InChI=1S/C22H24FN3O6/c23-17-11-15(4-5-18(17)25-6-8-31-9-7-25)26-13-16(32-22(26)30)12-24-20(28)10-14-2-1-3-19(27)21(14)29/h1-5,11,16,27,29H,6-10,12-13H2,(H,24,28)/t16-/m0/s1. The van der Waals surface area contributed by atoms with Crippen LogP contribution in [0.5, 0.6) is 11.5 Å². The van der Waals surface area contributed by atoms with Crippen molar-refractivity contribution in [1.29, 1.82) is 0 Å². The van der Waals surface area contributed by atoms with E-state index in [4.69, 9.17) is 9.47 Å². The van der Waals surface area contributed by atoms with Crippen LogP contribution < -0.4 is 15.1 Å². The van der Waals surface area contributed by atoms with E-state index in [2.05, 4.69) is 5.32 Å². The molecule has 0 aliphatic carbocycles. The number of cyclic esters (lactones) is 1.